The van der Waals surface area contributed by atoms with E-state index in [0.717, 1.165) is 12.0 Å². The van der Waals surface area contributed by atoms with Crippen LogP contribution in [-0.4, -0.2) is 28.5 Å². The van der Waals surface area contributed by atoms with Gasteiger partial charge in [0.25, 0.3) is 5.91 Å². The molecule has 3 nitrogen and oxygen atoms in total. The lowest BCUT2D eigenvalue weighted by molar-refractivity contribution is 0.0697. The zero-order chi connectivity index (χ0) is 13.0. The van der Waals surface area contributed by atoms with Gasteiger partial charge in [0.05, 0.1) is 5.56 Å². The van der Waals surface area contributed by atoms with Crippen molar-refractivity contribution in [3.8, 4) is 5.75 Å². The molecule has 1 atom stereocenters. The predicted molar refractivity (Wildman–Crippen MR) is 69.3 cm³/mol. The molecule has 0 fully saturated rings. The molecular formula is C14H21NO2. The van der Waals surface area contributed by atoms with Crippen molar-refractivity contribution in [3.63, 3.8) is 0 Å². The standard InChI is InChI=1S/C14H21NO2/c1-5-11(4)15(6-2)14(17)12-9-7-8-10(3)13(12)16/h7-9,11,16H,5-6H2,1-4H3. The van der Waals surface area contributed by atoms with Crippen LogP contribution in [0.4, 0.5) is 0 Å². The number of benzene rings is 1. The van der Waals surface area contributed by atoms with Crippen molar-refractivity contribution < 1.29 is 9.90 Å². The summed E-state index contributed by atoms with van der Waals surface area (Å²) in [6.07, 6.45) is 0.909. The molecule has 94 valence electrons. The van der Waals surface area contributed by atoms with Gasteiger partial charge < -0.3 is 10.0 Å². The highest BCUT2D eigenvalue weighted by Crippen LogP contribution is 2.23. The van der Waals surface area contributed by atoms with Crippen LogP contribution in [0.15, 0.2) is 18.2 Å². The summed E-state index contributed by atoms with van der Waals surface area (Å²) >= 11 is 0. The van der Waals surface area contributed by atoms with Crippen LogP contribution in [0.5, 0.6) is 5.75 Å². The molecule has 0 saturated heterocycles. The molecule has 0 radical (unpaired) electrons. The Hall–Kier alpha value is -1.51. The minimum atomic E-state index is -0.0944. The van der Waals surface area contributed by atoms with E-state index in [9.17, 15) is 9.90 Å². The molecule has 0 aliphatic carbocycles. The number of rotatable bonds is 4. The second-order valence-corrected chi connectivity index (χ2v) is 4.32. The van der Waals surface area contributed by atoms with Gasteiger partial charge in [-0.15, -0.1) is 0 Å². The number of carbonyl (C=O) groups is 1. The van der Waals surface area contributed by atoms with Crippen molar-refractivity contribution in [1.82, 2.24) is 4.90 Å². The van der Waals surface area contributed by atoms with E-state index in [-0.39, 0.29) is 17.7 Å². The van der Waals surface area contributed by atoms with Gasteiger partial charge in [-0.2, -0.15) is 0 Å². The summed E-state index contributed by atoms with van der Waals surface area (Å²) in [5.41, 5.74) is 1.13. The quantitative estimate of drug-likeness (QED) is 0.871. The fraction of sp³-hybridized carbons (Fsp3) is 0.500. The van der Waals surface area contributed by atoms with Gasteiger partial charge in [-0.1, -0.05) is 19.1 Å². The SMILES string of the molecule is CCC(C)N(CC)C(=O)c1cccc(C)c1O. The topological polar surface area (TPSA) is 40.5 Å². The molecule has 0 aromatic heterocycles. The molecule has 0 aliphatic rings. The lowest BCUT2D eigenvalue weighted by Crippen LogP contribution is -2.38. The molecule has 0 spiro atoms. The summed E-state index contributed by atoms with van der Waals surface area (Å²) in [7, 11) is 0. The highest BCUT2D eigenvalue weighted by molar-refractivity contribution is 5.97. The summed E-state index contributed by atoms with van der Waals surface area (Å²) in [5.74, 6) is 0.00213. The van der Waals surface area contributed by atoms with Gasteiger partial charge in [0.15, 0.2) is 0 Å². The zero-order valence-corrected chi connectivity index (χ0v) is 11.0. The number of phenols is 1. The first-order valence-corrected chi connectivity index (χ1v) is 6.12. The maximum Gasteiger partial charge on any atom is 0.257 e. The fourth-order valence-corrected chi connectivity index (χ4v) is 1.86. The largest absolute Gasteiger partial charge is 0.507 e. The highest BCUT2D eigenvalue weighted by Gasteiger charge is 2.21. The third-order valence-electron chi connectivity index (χ3n) is 3.19. The Morgan fingerprint density at radius 1 is 1.41 bits per heavy atom. The molecule has 0 saturated carbocycles. The van der Waals surface area contributed by atoms with E-state index in [1.54, 1.807) is 30.0 Å². The van der Waals surface area contributed by atoms with E-state index < -0.39 is 0 Å². The van der Waals surface area contributed by atoms with Crippen LogP contribution >= 0.6 is 0 Å². The summed E-state index contributed by atoms with van der Waals surface area (Å²) in [6.45, 7) is 8.48. The van der Waals surface area contributed by atoms with Gasteiger partial charge >= 0.3 is 0 Å². The number of hydrogen-bond acceptors (Lipinski definition) is 2. The number of aromatic hydroxyl groups is 1. The monoisotopic (exact) mass is 235 g/mol. The third kappa shape index (κ3) is 2.78. The molecular weight excluding hydrogens is 214 g/mol. The van der Waals surface area contributed by atoms with Crippen molar-refractivity contribution in [2.45, 2.75) is 40.2 Å². The Balaban J connectivity index is 3.06. The molecule has 1 unspecified atom stereocenters. The van der Waals surface area contributed by atoms with Crippen LogP contribution in [0, 0.1) is 6.92 Å². The van der Waals surface area contributed by atoms with Crippen LogP contribution in [-0.2, 0) is 0 Å². The second kappa shape index (κ2) is 5.71. The van der Waals surface area contributed by atoms with Crippen LogP contribution < -0.4 is 0 Å². The summed E-state index contributed by atoms with van der Waals surface area (Å²) < 4.78 is 0. The van der Waals surface area contributed by atoms with Gasteiger partial charge in [0, 0.05) is 12.6 Å². The average Bonchev–Trinajstić information content (AvgIpc) is 2.33. The van der Waals surface area contributed by atoms with Crippen molar-refractivity contribution in [2.24, 2.45) is 0 Å². The van der Waals surface area contributed by atoms with Crippen LogP contribution in [0.3, 0.4) is 0 Å². The minimum Gasteiger partial charge on any atom is -0.507 e. The summed E-state index contributed by atoms with van der Waals surface area (Å²) in [6, 6.07) is 5.46. The van der Waals surface area contributed by atoms with E-state index >= 15 is 0 Å². The zero-order valence-electron chi connectivity index (χ0n) is 11.0. The third-order valence-corrected chi connectivity index (χ3v) is 3.19. The van der Waals surface area contributed by atoms with E-state index in [1.807, 2.05) is 13.8 Å². The normalized spacial score (nSPS) is 12.2. The van der Waals surface area contributed by atoms with Crippen molar-refractivity contribution >= 4 is 5.91 Å². The number of para-hydroxylation sites is 1. The van der Waals surface area contributed by atoms with E-state index in [2.05, 4.69) is 6.92 Å². The Kier molecular flexibility index (Phi) is 4.55. The Morgan fingerprint density at radius 3 is 2.59 bits per heavy atom. The van der Waals surface area contributed by atoms with Gasteiger partial charge in [0.1, 0.15) is 5.75 Å². The minimum absolute atomic E-state index is 0.0944. The van der Waals surface area contributed by atoms with E-state index in [4.69, 9.17) is 0 Å². The molecule has 1 aromatic carbocycles. The highest BCUT2D eigenvalue weighted by atomic mass is 16.3. The Morgan fingerprint density at radius 2 is 2.06 bits per heavy atom. The lowest BCUT2D eigenvalue weighted by atomic mass is 10.1. The molecule has 17 heavy (non-hydrogen) atoms. The van der Waals surface area contributed by atoms with Crippen molar-refractivity contribution in [2.75, 3.05) is 6.54 Å². The number of aryl methyl sites for hydroxylation is 1. The van der Waals surface area contributed by atoms with E-state index in [1.165, 1.54) is 0 Å². The number of nitrogens with zero attached hydrogens (tertiary/aromatic N) is 1. The lowest BCUT2D eigenvalue weighted by Gasteiger charge is -2.27. The number of amides is 1. The first-order chi connectivity index (χ1) is 8.02. The molecule has 1 N–H and O–H groups in total. The predicted octanol–water partition coefficient (Wildman–Crippen LogP) is 2.96. The van der Waals surface area contributed by atoms with Gasteiger partial charge in [-0.3, -0.25) is 4.79 Å². The molecule has 1 rings (SSSR count). The maximum absolute atomic E-state index is 12.3. The average molecular weight is 235 g/mol. The van der Waals surface area contributed by atoms with Crippen LogP contribution in [0.1, 0.15) is 43.1 Å². The smallest absolute Gasteiger partial charge is 0.257 e. The van der Waals surface area contributed by atoms with Crippen LogP contribution in [0.25, 0.3) is 0 Å². The maximum atomic E-state index is 12.3. The molecule has 3 heteroatoms. The van der Waals surface area contributed by atoms with Crippen LogP contribution in [0.2, 0.25) is 0 Å². The molecule has 0 heterocycles. The first-order valence-electron chi connectivity index (χ1n) is 6.12. The Labute approximate surface area is 103 Å². The van der Waals surface area contributed by atoms with Crippen molar-refractivity contribution in [1.29, 1.82) is 0 Å². The molecule has 0 bridgehead atoms. The van der Waals surface area contributed by atoms with Crippen molar-refractivity contribution in [3.05, 3.63) is 29.3 Å². The van der Waals surface area contributed by atoms with Gasteiger partial charge in [0.2, 0.25) is 0 Å². The summed E-state index contributed by atoms with van der Waals surface area (Å²) in [5, 5.41) is 9.92. The molecule has 1 amide bonds. The van der Waals surface area contributed by atoms with E-state index in [0.29, 0.717) is 12.1 Å². The Bertz CT molecular complexity index is 401. The first kappa shape index (κ1) is 13.6. The fourth-order valence-electron chi connectivity index (χ4n) is 1.86. The molecule has 1 aromatic rings. The number of hydrogen-bond donors (Lipinski definition) is 1. The van der Waals surface area contributed by atoms with Gasteiger partial charge in [-0.05, 0) is 38.8 Å². The summed E-state index contributed by atoms with van der Waals surface area (Å²) in [4.78, 5) is 14.1. The number of carbonyl (C=O) groups excluding carboxylic acids is 1. The second-order valence-electron chi connectivity index (χ2n) is 4.32. The molecule has 0 aliphatic heterocycles. The van der Waals surface area contributed by atoms with Gasteiger partial charge in [-0.25, -0.2) is 0 Å². The number of phenolic OH excluding ortho intramolecular Hbond substituents is 1.